The van der Waals surface area contributed by atoms with E-state index < -0.39 is 21.8 Å². The van der Waals surface area contributed by atoms with E-state index in [9.17, 15) is 17.6 Å². The summed E-state index contributed by atoms with van der Waals surface area (Å²) in [6.45, 7) is 5.53. The number of sulfonamides is 1. The number of rotatable bonds is 9. The van der Waals surface area contributed by atoms with Crippen molar-refractivity contribution in [1.82, 2.24) is 9.62 Å². The summed E-state index contributed by atoms with van der Waals surface area (Å²) >= 11 is 0. The normalized spacial score (nSPS) is 17.0. The highest BCUT2D eigenvalue weighted by Gasteiger charge is 2.33. The Morgan fingerprint density at radius 1 is 1.09 bits per heavy atom. The number of halogens is 1. The van der Waals surface area contributed by atoms with Crippen molar-refractivity contribution in [2.75, 3.05) is 26.3 Å². The Morgan fingerprint density at radius 3 is 2.47 bits per heavy atom. The second-order valence-corrected chi connectivity index (χ2v) is 9.46. The molecular formula is C23H29FN2O5S. The Labute approximate surface area is 188 Å². The fraction of sp³-hybridized carbons (Fsp3) is 0.435. The average Bonchev–Trinajstić information content (AvgIpc) is 2.79. The highest BCUT2D eigenvalue weighted by molar-refractivity contribution is 7.89. The first-order valence-electron chi connectivity index (χ1n) is 10.8. The maximum atomic E-state index is 13.2. The molecule has 1 amide bonds. The van der Waals surface area contributed by atoms with Crippen LogP contribution in [0.3, 0.4) is 0 Å². The van der Waals surface area contributed by atoms with Crippen molar-refractivity contribution in [1.29, 1.82) is 0 Å². The quantitative estimate of drug-likeness (QED) is 0.615. The number of carbonyl (C=O) groups excluding carboxylic acids is 1. The smallest absolute Gasteiger partial charge is 0.243 e. The Bertz CT molecular complexity index is 1030. The van der Waals surface area contributed by atoms with Gasteiger partial charge in [-0.15, -0.1) is 0 Å². The number of amides is 1. The number of piperidine rings is 1. The fourth-order valence-corrected chi connectivity index (χ4v) is 5.19. The van der Waals surface area contributed by atoms with Crippen molar-refractivity contribution in [2.45, 2.75) is 38.1 Å². The van der Waals surface area contributed by atoms with Gasteiger partial charge in [-0.3, -0.25) is 4.79 Å². The minimum Gasteiger partial charge on any atom is -0.490 e. The van der Waals surface area contributed by atoms with Gasteiger partial charge in [-0.2, -0.15) is 4.31 Å². The third-order valence-electron chi connectivity index (χ3n) is 5.28. The van der Waals surface area contributed by atoms with E-state index in [1.807, 2.05) is 32.0 Å². The molecule has 0 saturated carbocycles. The maximum Gasteiger partial charge on any atom is 0.243 e. The summed E-state index contributed by atoms with van der Waals surface area (Å²) in [5, 5.41) is 2.90. The molecular weight excluding hydrogens is 435 g/mol. The molecule has 2 aromatic rings. The van der Waals surface area contributed by atoms with Crippen molar-refractivity contribution >= 4 is 15.9 Å². The highest BCUT2D eigenvalue weighted by Crippen LogP contribution is 2.29. The topological polar surface area (TPSA) is 84.9 Å². The monoisotopic (exact) mass is 464 g/mol. The summed E-state index contributed by atoms with van der Waals surface area (Å²) in [5.74, 6) is 0.124. The van der Waals surface area contributed by atoms with Gasteiger partial charge in [0.1, 0.15) is 5.82 Å². The van der Waals surface area contributed by atoms with Crippen LogP contribution in [-0.4, -0.2) is 44.9 Å². The van der Waals surface area contributed by atoms with Crippen LogP contribution in [0.15, 0.2) is 47.4 Å². The molecule has 1 heterocycles. The Morgan fingerprint density at radius 2 is 1.78 bits per heavy atom. The molecule has 0 spiro atoms. The molecule has 3 rings (SSSR count). The van der Waals surface area contributed by atoms with Crippen LogP contribution >= 0.6 is 0 Å². The van der Waals surface area contributed by atoms with Gasteiger partial charge in [0.05, 0.1) is 24.0 Å². The minimum absolute atomic E-state index is 0.0257. The lowest BCUT2D eigenvalue weighted by Gasteiger charge is -2.31. The van der Waals surface area contributed by atoms with Crippen molar-refractivity contribution in [3.05, 3.63) is 53.8 Å². The van der Waals surface area contributed by atoms with Crippen LogP contribution in [0.25, 0.3) is 0 Å². The SMILES string of the molecule is CCOc1ccc(CNC(=O)[C@@H]2CCCN(S(=O)(=O)c3ccc(F)cc3)C2)cc1OCC. The van der Waals surface area contributed by atoms with Gasteiger partial charge < -0.3 is 14.8 Å². The van der Waals surface area contributed by atoms with Crippen molar-refractivity contribution in [3.63, 3.8) is 0 Å². The lowest BCUT2D eigenvalue weighted by atomic mass is 9.98. The zero-order valence-corrected chi connectivity index (χ0v) is 19.2. The van der Waals surface area contributed by atoms with E-state index in [1.54, 1.807) is 0 Å². The third kappa shape index (κ3) is 5.77. The molecule has 1 saturated heterocycles. The average molecular weight is 465 g/mol. The van der Waals surface area contributed by atoms with E-state index in [0.29, 0.717) is 50.6 Å². The summed E-state index contributed by atoms with van der Waals surface area (Å²) in [6.07, 6.45) is 1.19. The van der Waals surface area contributed by atoms with Crippen molar-refractivity contribution in [2.24, 2.45) is 5.92 Å². The maximum absolute atomic E-state index is 13.2. The van der Waals surface area contributed by atoms with E-state index in [-0.39, 0.29) is 17.3 Å². The summed E-state index contributed by atoms with van der Waals surface area (Å²) in [6, 6.07) is 10.2. The molecule has 1 atom stereocenters. The molecule has 1 aliphatic heterocycles. The van der Waals surface area contributed by atoms with Gasteiger partial charge in [-0.25, -0.2) is 12.8 Å². The molecule has 9 heteroatoms. The second kappa shape index (κ2) is 10.8. The minimum atomic E-state index is -3.78. The predicted octanol–water partition coefficient (Wildman–Crippen LogP) is 3.34. The molecule has 0 aromatic heterocycles. The first-order valence-corrected chi connectivity index (χ1v) is 12.2. The second-order valence-electron chi connectivity index (χ2n) is 7.52. The van der Waals surface area contributed by atoms with E-state index in [2.05, 4.69) is 5.32 Å². The number of hydrogen-bond donors (Lipinski definition) is 1. The summed E-state index contributed by atoms with van der Waals surface area (Å²) < 4.78 is 51.4. The summed E-state index contributed by atoms with van der Waals surface area (Å²) in [4.78, 5) is 12.8. The van der Waals surface area contributed by atoms with E-state index in [1.165, 1.54) is 16.4 Å². The lowest BCUT2D eigenvalue weighted by molar-refractivity contribution is -0.126. The van der Waals surface area contributed by atoms with Crippen LogP contribution in [0, 0.1) is 11.7 Å². The Hall–Kier alpha value is -2.65. The number of nitrogens with zero attached hydrogens (tertiary/aromatic N) is 1. The highest BCUT2D eigenvalue weighted by atomic mass is 32.2. The first kappa shape index (κ1) is 24.0. The van der Waals surface area contributed by atoms with Gasteiger partial charge in [0.15, 0.2) is 11.5 Å². The Kier molecular flexibility index (Phi) is 8.09. The number of hydrogen-bond acceptors (Lipinski definition) is 5. The largest absolute Gasteiger partial charge is 0.490 e. The molecule has 7 nitrogen and oxygen atoms in total. The Balaban J connectivity index is 1.63. The van der Waals surface area contributed by atoms with Crippen molar-refractivity contribution < 1.29 is 27.1 Å². The molecule has 1 aliphatic rings. The molecule has 0 radical (unpaired) electrons. The van der Waals surface area contributed by atoms with Gasteiger partial charge >= 0.3 is 0 Å². The molecule has 174 valence electrons. The molecule has 0 unspecified atom stereocenters. The standard InChI is InChI=1S/C23H29FN2O5S/c1-3-30-21-12-7-17(14-22(21)31-4-2)15-25-23(27)18-6-5-13-26(16-18)32(28,29)20-10-8-19(24)9-11-20/h7-12,14,18H,3-6,13,15-16H2,1-2H3,(H,25,27)/t18-/m1/s1. The van der Waals surface area contributed by atoms with E-state index >= 15 is 0 Å². The van der Waals surface area contributed by atoms with Crippen LogP contribution < -0.4 is 14.8 Å². The number of benzene rings is 2. The zero-order valence-electron chi connectivity index (χ0n) is 18.3. The van der Waals surface area contributed by atoms with Gasteiger partial charge in [0, 0.05) is 19.6 Å². The van der Waals surface area contributed by atoms with Crippen LogP contribution in [0.2, 0.25) is 0 Å². The number of ether oxygens (including phenoxy) is 2. The van der Waals surface area contributed by atoms with Gasteiger partial charge in [-0.1, -0.05) is 6.07 Å². The van der Waals surface area contributed by atoms with Gasteiger partial charge in [0.2, 0.25) is 15.9 Å². The molecule has 0 aliphatic carbocycles. The van der Waals surface area contributed by atoms with Gasteiger partial charge in [-0.05, 0) is 68.7 Å². The zero-order chi connectivity index (χ0) is 23.1. The first-order chi connectivity index (χ1) is 15.3. The fourth-order valence-electron chi connectivity index (χ4n) is 3.67. The number of nitrogens with one attached hydrogen (secondary N) is 1. The van der Waals surface area contributed by atoms with Gasteiger partial charge in [0.25, 0.3) is 0 Å². The summed E-state index contributed by atoms with van der Waals surface area (Å²) in [5.41, 5.74) is 0.858. The molecule has 1 fully saturated rings. The molecule has 0 bridgehead atoms. The van der Waals surface area contributed by atoms with E-state index in [0.717, 1.165) is 17.7 Å². The van der Waals surface area contributed by atoms with Crippen LogP contribution in [0.5, 0.6) is 11.5 Å². The van der Waals surface area contributed by atoms with Crippen LogP contribution in [0.4, 0.5) is 4.39 Å². The lowest BCUT2D eigenvalue weighted by Crippen LogP contribution is -2.45. The number of carbonyl (C=O) groups is 1. The van der Waals surface area contributed by atoms with E-state index in [4.69, 9.17) is 9.47 Å². The molecule has 2 aromatic carbocycles. The third-order valence-corrected chi connectivity index (χ3v) is 7.16. The van der Waals surface area contributed by atoms with Crippen molar-refractivity contribution in [3.8, 4) is 11.5 Å². The van der Waals surface area contributed by atoms with Crippen LogP contribution in [0.1, 0.15) is 32.3 Å². The van der Waals surface area contributed by atoms with Crippen LogP contribution in [-0.2, 0) is 21.4 Å². The summed E-state index contributed by atoms with van der Waals surface area (Å²) in [7, 11) is -3.78. The molecule has 32 heavy (non-hydrogen) atoms. The predicted molar refractivity (Wildman–Crippen MR) is 119 cm³/mol. The molecule has 1 N–H and O–H groups in total.